The van der Waals surface area contributed by atoms with Crippen LogP contribution in [0.1, 0.15) is 28.4 Å². The molecular weight excluding hydrogens is 420 g/mol. The monoisotopic (exact) mass is 444 g/mol. The molecule has 1 aliphatic heterocycles. The van der Waals surface area contributed by atoms with E-state index in [0.29, 0.717) is 5.75 Å². The van der Waals surface area contributed by atoms with E-state index in [9.17, 15) is 8.42 Å². The first kappa shape index (κ1) is 20.5. The zero-order chi connectivity index (χ0) is 22.3. The van der Waals surface area contributed by atoms with Crippen molar-refractivity contribution >= 4 is 10.0 Å². The van der Waals surface area contributed by atoms with Crippen molar-refractivity contribution in [3.8, 4) is 11.4 Å². The average molecular weight is 445 g/mol. The maximum Gasteiger partial charge on any atom is 0.244 e. The largest absolute Gasteiger partial charge is 0.497 e. The lowest BCUT2D eigenvalue weighted by Gasteiger charge is -2.30. The molecule has 1 atom stereocenters. The Hall–Kier alpha value is -3.35. The van der Waals surface area contributed by atoms with E-state index in [1.54, 1.807) is 35.7 Å². The minimum absolute atomic E-state index is 0.243. The van der Waals surface area contributed by atoms with Gasteiger partial charge >= 0.3 is 0 Å². The second-order valence-corrected chi connectivity index (χ2v) is 9.86. The number of sulfonamides is 1. The van der Waals surface area contributed by atoms with Crippen LogP contribution in [-0.4, -0.2) is 24.4 Å². The molecule has 4 aromatic rings. The molecule has 6 heteroatoms. The Kier molecular flexibility index (Phi) is 5.12. The Balaban J connectivity index is 1.73. The van der Waals surface area contributed by atoms with Gasteiger partial charge in [0.1, 0.15) is 5.75 Å². The van der Waals surface area contributed by atoms with E-state index in [4.69, 9.17) is 4.74 Å². The van der Waals surface area contributed by atoms with E-state index >= 15 is 0 Å². The lowest BCUT2D eigenvalue weighted by molar-refractivity contribution is 0.353. The highest BCUT2D eigenvalue weighted by Crippen LogP contribution is 2.40. The standard InChI is InChI=1S/C26H24N2O3S/c1-19-9-11-20(12-10-19)26-25-8-5-17-27(25)24-7-4-3-6-21(24)18-28(26)32(29,30)23-15-13-22(31-2)14-16-23/h3-17,26H,18H2,1-2H3. The van der Waals surface area contributed by atoms with Gasteiger partial charge in [-0.15, -0.1) is 0 Å². The minimum Gasteiger partial charge on any atom is -0.497 e. The van der Waals surface area contributed by atoms with Gasteiger partial charge in [0.15, 0.2) is 0 Å². The third kappa shape index (κ3) is 3.42. The summed E-state index contributed by atoms with van der Waals surface area (Å²) in [6.45, 7) is 2.30. The molecule has 0 amide bonds. The van der Waals surface area contributed by atoms with Gasteiger partial charge in [0.2, 0.25) is 10.0 Å². The van der Waals surface area contributed by atoms with E-state index in [1.165, 1.54) is 0 Å². The summed E-state index contributed by atoms with van der Waals surface area (Å²) in [6, 6.07) is 26.1. The second-order valence-electron chi connectivity index (χ2n) is 7.97. The molecular formula is C26H24N2O3S. The molecule has 1 aromatic heterocycles. The van der Waals surface area contributed by atoms with E-state index in [-0.39, 0.29) is 11.4 Å². The summed E-state index contributed by atoms with van der Waals surface area (Å²) in [4.78, 5) is 0.243. The number of rotatable bonds is 4. The summed E-state index contributed by atoms with van der Waals surface area (Å²) in [6.07, 6.45) is 2.00. The van der Waals surface area contributed by atoms with Crippen molar-refractivity contribution in [1.82, 2.24) is 8.87 Å². The minimum atomic E-state index is -3.82. The smallest absolute Gasteiger partial charge is 0.244 e. The summed E-state index contributed by atoms with van der Waals surface area (Å²) in [5.41, 5.74) is 4.93. The number of hydrogen-bond donors (Lipinski definition) is 0. The highest BCUT2D eigenvalue weighted by Gasteiger charge is 2.37. The highest BCUT2D eigenvalue weighted by atomic mass is 32.2. The summed E-state index contributed by atoms with van der Waals surface area (Å²) < 4.78 is 36.9. The molecule has 162 valence electrons. The quantitative estimate of drug-likeness (QED) is 0.441. The third-order valence-corrected chi connectivity index (χ3v) is 7.81. The van der Waals surface area contributed by atoms with Crippen LogP contribution in [0.4, 0.5) is 0 Å². The van der Waals surface area contributed by atoms with Crippen molar-refractivity contribution in [2.45, 2.75) is 24.4 Å². The summed E-state index contributed by atoms with van der Waals surface area (Å²) in [5, 5.41) is 0. The van der Waals surface area contributed by atoms with Gasteiger partial charge in [-0.3, -0.25) is 0 Å². The van der Waals surface area contributed by atoms with E-state index in [0.717, 1.165) is 28.1 Å². The molecule has 0 radical (unpaired) electrons. The van der Waals surface area contributed by atoms with Crippen molar-refractivity contribution in [2.75, 3.05) is 7.11 Å². The zero-order valence-electron chi connectivity index (χ0n) is 18.0. The number of methoxy groups -OCH3 is 1. The van der Waals surface area contributed by atoms with E-state index in [2.05, 4.69) is 4.57 Å². The van der Waals surface area contributed by atoms with E-state index < -0.39 is 16.1 Å². The summed E-state index contributed by atoms with van der Waals surface area (Å²) in [7, 11) is -2.25. The number of aromatic nitrogens is 1. The van der Waals surface area contributed by atoms with Gasteiger partial charge in [-0.25, -0.2) is 8.42 Å². The SMILES string of the molecule is COc1ccc(S(=O)(=O)N2Cc3ccccc3-n3cccc3C2c2ccc(C)cc2)cc1. The number of nitrogens with zero attached hydrogens (tertiary/aromatic N) is 2. The molecule has 5 nitrogen and oxygen atoms in total. The summed E-state index contributed by atoms with van der Waals surface area (Å²) in [5.74, 6) is 0.620. The number of hydrogen-bond acceptors (Lipinski definition) is 3. The van der Waals surface area contributed by atoms with Crippen molar-refractivity contribution in [3.63, 3.8) is 0 Å². The number of para-hydroxylation sites is 1. The van der Waals surface area contributed by atoms with Crippen LogP contribution in [0.2, 0.25) is 0 Å². The Morgan fingerprint density at radius 2 is 1.59 bits per heavy atom. The van der Waals surface area contributed by atoms with Crippen molar-refractivity contribution in [2.24, 2.45) is 0 Å². The maximum atomic E-state index is 14.0. The fourth-order valence-electron chi connectivity index (χ4n) is 4.32. The van der Waals surface area contributed by atoms with Gasteiger partial charge < -0.3 is 9.30 Å². The first-order valence-electron chi connectivity index (χ1n) is 10.5. The van der Waals surface area contributed by atoms with Crippen molar-refractivity contribution in [3.05, 3.63) is 114 Å². The Labute approximate surface area is 188 Å². The van der Waals surface area contributed by atoms with Gasteiger partial charge in [-0.2, -0.15) is 4.31 Å². The van der Waals surface area contributed by atoms with Crippen LogP contribution in [-0.2, 0) is 16.6 Å². The Morgan fingerprint density at radius 3 is 2.31 bits per heavy atom. The average Bonchev–Trinajstić information content (AvgIpc) is 3.24. The predicted molar refractivity (Wildman–Crippen MR) is 125 cm³/mol. The number of fused-ring (bicyclic) bond motifs is 3. The lowest BCUT2D eigenvalue weighted by atomic mass is 10.0. The second kappa shape index (κ2) is 7.97. The Morgan fingerprint density at radius 1 is 0.875 bits per heavy atom. The third-order valence-electron chi connectivity index (χ3n) is 5.98. The fraction of sp³-hybridized carbons (Fsp3) is 0.154. The Bertz CT molecular complexity index is 1360. The van der Waals surface area contributed by atoms with Gasteiger partial charge in [0.05, 0.1) is 18.0 Å². The number of ether oxygens (including phenoxy) is 1. The van der Waals surface area contributed by atoms with Crippen molar-refractivity contribution in [1.29, 1.82) is 0 Å². The number of benzene rings is 3. The van der Waals surface area contributed by atoms with Gasteiger partial charge in [0, 0.05) is 24.1 Å². The van der Waals surface area contributed by atoms with Gasteiger partial charge in [-0.1, -0.05) is 48.0 Å². The molecule has 0 saturated carbocycles. The molecule has 0 fully saturated rings. The molecule has 1 aliphatic rings. The van der Waals surface area contributed by atoms with E-state index in [1.807, 2.05) is 73.8 Å². The maximum absolute atomic E-state index is 14.0. The van der Waals surface area contributed by atoms with Crippen LogP contribution in [0.25, 0.3) is 5.69 Å². The number of aryl methyl sites for hydroxylation is 1. The van der Waals surface area contributed by atoms with Gasteiger partial charge in [-0.05, 0) is 60.5 Å². The molecule has 32 heavy (non-hydrogen) atoms. The normalized spacial score (nSPS) is 16.1. The zero-order valence-corrected chi connectivity index (χ0v) is 18.8. The van der Waals surface area contributed by atoms with Crippen LogP contribution in [0.3, 0.4) is 0 Å². The predicted octanol–water partition coefficient (Wildman–Crippen LogP) is 5.09. The van der Waals surface area contributed by atoms with Crippen LogP contribution in [0.5, 0.6) is 5.75 Å². The molecule has 3 aromatic carbocycles. The first-order chi connectivity index (χ1) is 15.5. The molecule has 0 N–H and O–H groups in total. The highest BCUT2D eigenvalue weighted by molar-refractivity contribution is 7.89. The van der Waals surface area contributed by atoms with Crippen LogP contribution in [0.15, 0.2) is 96.0 Å². The topological polar surface area (TPSA) is 51.5 Å². The molecule has 2 heterocycles. The fourth-order valence-corrected chi connectivity index (χ4v) is 5.88. The molecule has 0 spiro atoms. The molecule has 0 saturated heterocycles. The molecule has 5 rings (SSSR count). The molecule has 1 unspecified atom stereocenters. The summed E-state index contributed by atoms with van der Waals surface area (Å²) >= 11 is 0. The van der Waals surface area contributed by atoms with Crippen molar-refractivity contribution < 1.29 is 13.2 Å². The van der Waals surface area contributed by atoms with Crippen LogP contribution in [0, 0.1) is 6.92 Å². The van der Waals surface area contributed by atoms with Gasteiger partial charge in [0.25, 0.3) is 0 Å². The van der Waals surface area contributed by atoms with Crippen LogP contribution >= 0.6 is 0 Å². The molecule has 0 bridgehead atoms. The molecule has 0 aliphatic carbocycles. The van der Waals surface area contributed by atoms with Crippen LogP contribution < -0.4 is 4.74 Å². The first-order valence-corrected chi connectivity index (χ1v) is 11.9. The lowest BCUT2D eigenvalue weighted by Crippen LogP contribution is -2.34.